The predicted octanol–water partition coefficient (Wildman–Crippen LogP) is 5.08. The molecule has 2 atom stereocenters. The summed E-state index contributed by atoms with van der Waals surface area (Å²) in [5.41, 5.74) is 4.75. The van der Waals surface area contributed by atoms with E-state index in [0.717, 1.165) is 6.42 Å². The van der Waals surface area contributed by atoms with E-state index in [0.29, 0.717) is 18.2 Å². The zero-order valence-electron chi connectivity index (χ0n) is 17.0. The lowest BCUT2D eigenvalue weighted by molar-refractivity contribution is 0.243. The number of nitrogens with one attached hydrogen (secondary N) is 2. The van der Waals surface area contributed by atoms with Gasteiger partial charge in [0.25, 0.3) is 0 Å². The highest BCUT2D eigenvalue weighted by Gasteiger charge is 2.22. The molecular formula is C23H30FN3O. The number of rotatable bonds is 6. The van der Waals surface area contributed by atoms with Crippen LogP contribution in [0.4, 0.5) is 14.9 Å². The third-order valence-corrected chi connectivity index (χ3v) is 5.66. The van der Waals surface area contributed by atoms with Gasteiger partial charge in [0.15, 0.2) is 0 Å². The monoisotopic (exact) mass is 383 g/mol. The predicted molar refractivity (Wildman–Crippen MR) is 112 cm³/mol. The highest BCUT2D eigenvalue weighted by Crippen LogP contribution is 2.35. The van der Waals surface area contributed by atoms with Gasteiger partial charge in [0.2, 0.25) is 0 Å². The van der Waals surface area contributed by atoms with Crippen molar-refractivity contribution in [2.24, 2.45) is 0 Å². The summed E-state index contributed by atoms with van der Waals surface area (Å²) in [6.45, 7) is 2.76. The molecule has 1 aliphatic carbocycles. The second kappa shape index (κ2) is 9.20. The number of aryl methyl sites for hydroxylation is 1. The normalized spacial score (nSPS) is 17.1. The van der Waals surface area contributed by atoms with Crippen LogP contribution in [0.1, 0.15) is 54.8 Å². The number of carbonyl (C=O) groups excluding carboxylic acids is 1. The Labute approximate surface area is 167 Å². The first-order chi connectivity index (χ1) is 13.5. The van der Waals surface area contributed by atoms with Crippen LogP contribution in [0, 0.1) is 5.82 Å². The summed E-state index contributed by atoms with van der Waals surface area (Å²) in [5, 5.41) is 5.68. The Balaban J connectivity index is 1.66. The number of urea groups is 1. The molecule has 0 aromatic heterocycles. The number of fused-ring (bicyclic) bond motifs is 1. The molecule has 0 heterocycles. The molecule has 2 N–H and O–H groups in total. The molecule has 0 aliphatic heterocycles. The second-order valence-electron chi connectivity index (χ2n) is 7.78. The molecule has 0 fully saturated rings. The van der Waals surface area contributed by atoms with E-state index in [1.54, 1.807) is 12.1 Å². The van der Waals surface area contributed by atoms with Crippen molar-refractivity contribution in [1.82, 2.24) is 10.2 Å². The van der Waals surface area contributed by atoms with Gasteiger partial charge in [-0.05, 0) is 86.7 Å². The highest BCUT2D eigenvalue weighted by atomic mass is 19.1. The minimum atomic E-state index is -0.323. The maximum atomic E-state index is 13.0. The Morgan fingerprint density at radius 3 is 2.64 bits per heavy atom. The molecule has 0 saturated heterocycles. The zero-order chi connectivity index (χ0) is 20.1. The highest BCUT2D eigenvalue weighted by molar-refractivity contribution is 5.89. The van der Waals surface area contributed by atoms with Crippen LogP contribution in [0.15, 0.2) is 42.5 Å². The van der Waals surface area contributed by atoms with Gasteiger partial charge in [0, 0.05) is 12.2 Å². The average molecular weight is 384 g/mol. The first-order valence-electron chi connectivity index (χ1n) is 10.1. The largest absolute Gasteiger partial charge is 0.336 e. The Morgan fingerprint density at radius 1 is 1.21 bits per heavy atom. The molecule has 2 aromatic carbocycles. The summed E-state index contributed by atoms with van der Waals surface area (Å²) in [5.74, 6) is 0.353. The van der Waals surface area contributed by atoms with Gasteiger partial charge in [-0.3, -0.25) is 0 Å². The van der Waals surface area contributed by atoms with Gasteiger partial charge in [-0.15, -0.1) is 0 Å². The van der Waals surface area contributed by atoms with Crippen LogP contribution in [0.3, 0.4) is 0 Å². The molecule has 3 rings (SSSR count). The first kappa shape index (κ1) is 20.3. The maximum Gasteiger partial charge on any atom is 0.319 e. The van der Waals surface area contributed by atoms with Gasteiger partial charge in [0.05, 0.1) is 6.04 Å². The Hall–Kier alpha value is -2.40. The number of hydrogen-bond acceptors (Lipinski definition) is 2. The summed E-state index contributed by atoms with van der Waals surface area (Å²) >= 11 is 0. The number of nitrogens with zero attached hydrogens (tertiary/aromatic N) is 1. The van der Waals surface area contributed by atoms with E-state index in [9.17, 15) is 9.18 Å². The number of halogens is 1. The van der Waals surface area contributed by atoms with E-state index in [-0.39, 0.29) is 17.9 Å². The van der Waals surface area contributed by atoms with Crippen molar-refractivity contribution >= 4 is 11.7 Å². The van der Waals surface area contributed by atoms with Crippen LogP contribution in [-0.2, 0) is 6.42 Å². The van der Waals surface area contributed by atoms with Crippen molar-refractivity contribution < 1.29 is 9.18 Å². The van der Waals surface area contributed by atoms with E-state index in [1.807, 2.05) is 14.1 Å². The summed E-state index contributed by atoms with van der Waals surface area (Å²) in [4.78, 5) is 14.4. The molecule has 2 unspecified atom stereocenters. The number of amides is 2. The van der Waals surface area contributed by atoms with Gasteiger partial charge in [-0.1, -0.05) is 25.1 Å². The van der Waals surface area contributed by atoms with Crippen LogP contribution < -0.4 is 10.6 Å². The SMILES string of the molecule is CCC1CCCc2cc(C(CNC(=O)Nc3ccc(F)cc3)N(C)C)ccc21. The Morgan fingerprint density at radius 2 is 1.96 bits per heavy atom. The number of likely N-dealkylation sites (N-methyl/N-ethyl adjacent to an activating group) is 1. The lowest BCUT2D eigenvalue weighted by Crippen LogP contribution is -2.37. The molecule has 150 valence electrons. The van der Waals surface area contributed by atoms with Crippen molar-refractivity contribution in [1.29, 1.82) is 0 Å². The van der Waals surface area contributed by atoms with Gasteiger partial charge in [-0.25, -0.2) is 9.18 Å². The van der Waals surface area contributed by atoms with E-state index >= 15 is 0 Å². The third-order valence-electron chi connectivity index (χ3n) is 5.66. The van der Waals surface area contributed by atoms with Crippen LogP contribution in [0.5, 0.6) is 0 Å². The molecule has 0 radical (unpaired) electrons. The third kappa shape index (κ3) is 4.90. The summed E-state index contributed by atoms with van der Waals surface area (Å²) in [7, 11) is 4.05. The average Bonchev–Trinajstić information content (AvgIpc) is 2.69. The van der Waals surface area contributed by atoms with Crippen molar-refractivity contribution in [3.63, 3.8) is 0 Å². The standard InChI is InChI=1S/C23H30FN3O/c1-4-16-6-5-7-17-14-18(8-13-21(16)17)22(27(2)3)15-25-23(28)26-20-11-9-19(24)10-12-20/h8-14,16,22H,4-7,15H2,1-3H3,(H2,25,26,28). The second-order valence-corrected chi connectivity index (χ2v) is 7.78. The Kier molecular flexibility index (Phi) is 6.68. The quantitative estimate of drug-likeness (QED) is 0.731. The van der Waals surface area contributed by atoms with E-state index < -0.39 is 0 Å². The van der Waals surface area contributed by atoms with Gasteiger partial charge >= 0.3 is 6.03 Å². The van der Waals surface area contributed by atoms with Crippen LogP contribution in [0.2, 0.25) is 0 Å². The fourth-order valence-electron chi connectivity index (χ4n) is 4.06. The molecule has 28 heavy (non-hydrogen) atoms. The summed E-state index contributed by atoms with van der Waals surface area (Å²) in [6, 6.07) is 12.4. The van der Waals surface area contributed by atoms with Crippen LogP contribution >= 0.6 is 0 Å². The number of carbonyl (C=O) groups is 1. The topological polar surface area (TPSA) is 44.4 Å². The van der Waals surface area contributed by atoms with Crippen molar-refractivity contribution in [2.45, 2.75) is 44.6 Å². The number of benzene rings is 2. The molecule has 1 aliphatic rings. The van der Waals surface area contributed by atoms with Crippen molar-refractivity contribution in [2.75, 3.05) is 26.0 Å². The first-order valence-corrected chi connectivity index (χ1v) is 10.1. The van der Waals surface area contributed by atoms with Crippen LogP contribution in [0.25, 0.3) is 0 Å². The summed E-state index contributed by atoms with van der Waals surface area (Å²) in [6.07, 6.45) is 4.86. The van der Waals surface area contributed by atoms with E-state index in [1.165, 1.54) is 48.1 Å². The lowest BCUT2D eigenvalue weighted by atomic mass is 9.80. The number of anilines is 1. The van der Waals surface area contributed by atoms with Crippen molar-refractivity contribution in [3.05, 3.63) is 65.0 Å². The minimum absolute atomic E-state index is 0.0891. The fourth-order valence-corrected chi connectivity index (χ4v) is 4.06. The van der Waals surface area contributed by atoms with Crippen molar-refractivity contribution in [3.8, 4) is 0 Å². The molecule has 0 saturated carbocycles. The fraction of sp³-hybridized carbons (Fsp3) is 0.435. The Bertz CT molecular complexity index is 804. The number of hydrogen-bond donors (Lipinski definition) is 2. The van der Waals surface area contributed by atoms with Gasteiger partial charge in [-0.2, -0.15) is 0 Å². The molecule has 0 bridgehead atoms. The molecule has 2 aromatic rings. The molecule has 5 heteroatoms. The van der Waals surface area contributed by atoms with Crippen LogP contribution in [-0.4, -0.2) is 31.6 Å². The van der Waals surface area contributed by atoms with Gasteiger partial charge < -0.3 is 15.5 Å². The molecular weight excluding hydrogens is 353 g/mol. The minimum Gasteiger partial charge on any atom is -0.336 e. The summed E-state index contributed by atoms with van der Waals surface area (Å²) < 4.78 is 13.0. The molecule has 4 nitrogen and oxygen atoms in total. The van der Waals surface area contributed by atoms with Gasteiger partial charge in [0.1, 0.15) is 5.82 Å². The van der Waals surface area contributed by atoms with E-state index in [4.69, 9.17) is 0 Å². The smallest absolute Gasteiger partial charge is 0.319 e. The maximum absolute atomic E-state index is 13.0. The van der Waals surface area contributed by atoms with E-state index in [2.05, 4.69) is 40.7 Å². The zero-order valence-corrected chi connectivity index (χ0v) is 17.0. The molecule has 0 spiro atoms. The lowest BCUT2D eigenvalue weighted by Gasteiger charge is -2.29. The molecule has 2 amide bonds.